The van der Waals surface area contributed by atoms with Gasteiger partial charge in [-0.3, -0.25) is 9.59 Å². The Balaban J connectivity index is 4.09. The molecule has 0 aliphatic carbocycles. The molecule has 1 atom stereocenters. The number of nitrogens with one attached hydrogen (secondary N) is 2. The van der Waals surface area contributed by atoms with Crippen LogP contribution in [0.2, 0.25) is 0 Å². The topological polar surface area (TPSA) is 110 Å². The summed E-state index contributed by atoms with van der Waals surface area (Å²) in [7, 11) is 0. The Morgan fingerprint density at radius 3 is 2.29 bits per heavy atom. The molecule has 0 rings (SSSR count). The molecule has 0 unspecified atom stereocenters. The number of amides is 2. The van der Waals surface area contributed by atoms with Crippen molar-refractivity contribution in [3.05, 3.63) is 0 Å². The molecule has 0 fully saturated rings. The highest BCUT2D eigenvalue weighted by Crippen LogP contribution is 2.05. The molecule has 0 aliphatic rings. The number of hydrogen-bond acceptors (Lipinski definition) is 4. The van der Waals surface area contributed by atoms with Crippen molar-refractivity contribution in [3.8, 4) is 0 Å². The van der Waals surface area contributed by atoms with Gasteiger partial charge >= 0.3 is 0 Å². The fraction of sp³-hybridized carbons (Fsp3) is 0.867. The van der Waals surface area contributed by atoms with Gasteiger partial charge in [0.05, 0.1) is 0 Å². The molecule has 0 aromatic rings. The minimum atomic E-state index is -0.502. The van der Waals surface area contributed by atoms with E-state index in [0.717, 1.165) is 12.8 Å². The smallest absolute Gasteiger partial charge is 0.242 e. The maximum absolute atomic E-state index is 12.1. The Kier molecular flexibility index (Phi) is 11.9. The lowest BCUT2D eigenvalue weighted by molar-refractivity contribution is -0.129. The molecular weight excluding hydrogens is 268 g/mol. The molecule has 124 valence electrons. The first kappa shape index (κ1) is 19.9. The molecule has 6 N–H and O–H groups in total. The van der Waals surface area contributed by atoms with E-state index in [1.807, 2.05) is 0 Å². The maximum Gasteiger partial charge on any atom is 0.242 e. The van der Waals surface area contributed by atoms with Gasteiger partial charge in [-0.2, -0.15) is 0 Å². The minimum Gasteiger partial charge on any atom is -0.354 e. The highest BCUT2D eigenvalue weighted by Gasteiger charge is 2.19. The van der Waals surface area contributed by atoms with Crippen molar-refractivity contribution in [1.82, 2.24) is 10.6 Å². The monoisotopic (exact) mass is 300 g/mol. The molecule has 2 amide bonds. The summed E-state index contributed by atoms with van der Waals surface area (Å²) in [4.78, 5) is 23.7. The van der Waals surface area contributed by atoms with Crippen LogP contribution in [0.5, 0.6) is 0 Å². The lowest BCUT2D eigenvalue weighted by atomic mass is 10.1. The van der Waals surface area contributed by atoms with Gasteiger partial charge in [-0.25, -0.2) is 0 Å². The molecule has 0 saturated heterocycles. The number of carbonyl (C=O) groups excluding carboxylic acids is 2. The van der Waals surface area contributed by atoms with Gasteiger partial charge in [0.1, 0.15) is 6.04 Å². The summed E-state index contributed by atoms with van der Waals surface area (Å²) in [6, 6.07) is -0.502. The minimum absolute atomic E-state index is 0.127. The first-order valence-corrected chi connectivity index (χ1v) is 7.98. The molecule has 0 aromatic carbocycles. The number of rotatable bonds is 12. The molecule has 0 saturated carbocycles. The zero-order valence-electron chi connectivity index (χ0n) is 13.5. The lowest BCUT2D eigenvalue weighted by Gasteiger charge is -2.18. The van der Waals surface area contributed by atoms with E-state index in [9.17, 15) is 9.59 Å². The van der Waals surface area contributed by atoms with Crippen molar-refractivity contribution in [2.75, 3.05) is 19.6 Å². The lowest BCUT2D eigenvalue weighted by Crippen LogP contribution is -2.47. The van der Waals surface area contributed by atoms with Crippen LogP contribution in [0.4, 0.5) is 0 Å². The van der Waals surface area contributed by atoms with Crippen molar-refractivity contribution < 1.29 is 9.59 Å². The van der Waals surface area contributed by atoms with Crippen LogP contribution in [0.25, 0.3) is 0 Å². The van der Waals surface area contributed by atoms with Crippen molar-refractivity contribution >= 4 is 11.8 Å². The van der Waals surface area contributed by atoms with Gasteiger partial charge in [-0.05, 0) is 31.7 Å². The van der Waals surface area contributed by atoms with Crippen LogP contribution in [0.3, 0.4) is 0 Å². The second-order valence-electron chi connectivity index (χ2n) is 5.77. The van der Waals surface area contributed by atoms with Crippen LogP contribution in [-0.2, 0) is 9.59 Å². The number of nitrogens with two attached hydrogens (primary N) is 2. The van der Waals surface area contributed by atoms with Crippen LogP contribution in [-0.4, -0.2) is 37.5 Å². The Bertz CT molecular complexity index is 295. The Morgan fingerprint density at radius 1 is 1.00 bits per heavy atom. The van der Waals surface area contributed by atoms with Crippen LogP contribution in [0.1, 0.15) is 52.4 Å². The molecule has 6 heteroatoms. The number of unbranched alkanes of at least 4 members (excludes halogenated alkanes) is 1. The number of hydrogen-bond donors (Lipinski definition) is 4. The molecule has 0 bridgehead atoms. The largest absolute Gasteiger partial charge is 0.354 e. The summed E-state index contributed by atoms with van der Waals surface area (Å²) in [5.41, 5.74) is 10.8. The fourth-order valence-electron chi connectivity index (χ4n) is 2.00. The van der Waals surface area contributed by atoms with Gasteiger partial charge in [0.2, 0.25) is 11.8 Å². The Hall–Kier alpha value is -1.14. The van der Waals surface area contributed by atoms with Crippen molar-refractivity contribution in [2.24, 2.45) is 17.4 Å². The van der Waals surface area contributed by atoms with Gasteiger partial charge in [0.25, 0.3) is 0 Å². The van der Waals surface area contributed by atoms with Crippen LogP contribution < -0.4 is 22.1 Å². The predicted octanol–water partition coefficient (Wildman–Crippen LogP) is 0.501. The van der Waals surface area contributed by atoms with Crippen LogP contribution >= 0.6 is 0 Å². The second-order valence-corrected chi connectivity index (χ2v) is 5.77. The summed E-state index contributed by atoms with van der Waals surface area (Å²) >= 11 is 0. The van der Waals surface area contributed by atoms with E-state index in [1.54, 1.807) is 0 Å². The van der Waals surface area contributed by atoms with E-state index in [-0.39, 0.29) is 24.8 Å². The highest BCUT2D eigenvalue weighted by atomic mass is 16.2. The first-order chi connectivity index (χ1) is 10.0. The zero-order valence-corrected chi connectivity index (χ0v) is 13.5. The zero-order chi connectivity index (χ0) is 16.1. The fourth-order valence-corrected chi connectivity index (χ4v) is 2.00. The van der Waals surface area contributed by atoms with Gasteiger partial charge < -0.3 is 22.1 Å². The van der Waals surface area contributed by atoms with Crippen LogP contribution in [0, 0.1) is 5.92 Å². The van der Waals surface area contributed by atoms with Crippen molar-refractivity contribution in [1.29, 1.82) is 0 Å². The summed E-state index contributed by atoms with van der Waals surface area (Å²) in [6.07, 6.45) is 4.73. The van der Waals surface area contributed by atoms with E-state index in [4.69, 9.17) is 11.5 Å². The Morgan fingerprint density at radius 2 is 1.71 bits per heavy atom. The Labute approximate surface area is 128 Å². The number of carbonyl (C=O) groups is 2. The first-order valence-electron chi connectivity index (χ1n) is 7.98. The highest BCUT2D eigenvalue weighted by molar-refractivity contribution is 5.87. The molecule has 21 heavy (non-hydrogen) atoms. The summed E-state index contributed by atoms with van der Waals surface area (Å²) in [6.45, 7) is 5.82. The normalized spacial score (nSPS) is 12.2. The average Bonchev–Trinajstić information content (AvgIpc) is 2.42. The average molecular weight is 300 g/mol. The molecule has 0 radical (unpaired) electrons. The third kappa shape index (κ3) is 11.2. The van der Waals surface area contributed by atoms with Gasteiger partial charge in [-0.1, -0.05) is 26.7 Å². The van der Waals surface area contributed by atoms with E-state index < -0.39 is 6.04 Å². The molecule has 0 heterocycles. The molecule has 6 nitrogen and oxygen atoms in total. The maximum atomic E-state index is 12.1. The van der Waals surface area contributed by atoms with Crippen molar-refractivity contribution in [3.63, 3.8) is 0 Å². The molecule has 0 aromatic heterocycles. The van der Waals surface area contributed by atoms with E-state index in [0.29, 0.717) is 31.8 Å². The van der Waals surface area contributed by atoms with E-state index >= 15 is 0 Å². The summed E-state index contributed by atoms with van der Waals surface area (Å²) in [5, 5.41) is 5.61. The van der Waals surface area contributed by atoms with Gasteiger partial charge in [0.15, 0.2) is 0 Å². The summed E-state index contributed by atoms with van der Waals surface area (Å²) in [5.74, 6) is 0.376. The van der Waals surface area contributed by atoms with Crippen molar-refractivity contribution in [2.45, 2.75) is 58.4 Å². The van der Waals surface area contributed by atoms with E-state index in [2.05, 4.69) is 24.5 Å². The SMILES string of the molecule is CC(C)CCCCNC(=O)[C@@H](CCCN)NC(=O)CCN. The van der Waals surface area contributed by atoms with E-state index in [1.165, 1.54) is 6.42 Å². The quantitative estimate of drug-likeness (QED) is 0.393. The third-order valence-corrected chi connectivity index (χ3v) is 3.23. The third-order valence-electron chi connectivity index (χ3n) is 3.23. The van der Waals surface area contributed by atoms with Gasteiger partial charge in [-0.15, -0.1) is 0 Å². The molecule has 0 spiro atoms. The van der Waals surface area contributed by atoms with Gasteiger partial charge in [0, 0.05) is 19.5 Å². The van der Waals surface area contributed by atoms with Crippen LogP contribution in [0.15, 0.2) is 0 Å². The molecular formula is C15H32N4O2. The predicted molar refractivity (Wildman–Crippen MR) is 85.6 cm³/mol. The second kappa shape index (κ2) is 12.6. The molecule has 0 aliphatic heterocycles. The standard InChI is InChI=1S/C15H32N4O2/c1-12(2)6-3-4-11-18-15(21)13(7-5-9-16)19-14(20)8-10-17/h12-13H,3-11,16-17H2,1-2H3,(H,18,21)(H,19,20)/t13-/m1/s1. The summed E-state index contributed by atoms with van der Waals surface area (Å²) < 4.78 is 0.